The Morgan fingerprint density at radius 3 is 2.57 bits per heavy atom. The number of rotatable bonds is 3. The number of aliphatic hydroxyl groups is 1. The fraction of sp³-hybridized carbons (Fsp3) is 0.294. The van der Waals surface area contributed by atoms with Gasteiger partial charge in [-0.1, -0.05) is 0 Å². The molecule has 0 bridgehead atoms. The van der Waals surface area contributed by atoms with E-state index in [0.717, 1.165) is 31.6 Å². The minimum atomic E-state index is -0.316. The number of nitrogens with zero attached hydrogens (tertiary/aromatic N) is 2. The van der Waals surface area contributed by atoms with Crippen molar-refractivity contribution in [1.29, 1.82) is 0 Å². The number of benzene rings is 1. The zero-order chi connectivity index (χ0) is 16.2. The average Bonchev–Trinajstić information content (AvgIpc) is 2.56. The lowest BCUT2D eigenvalue weighted by molar-refractivity contribution is -0.605. The van der Waals surface area contributed by atoms with Gasteiger partial charge in [-0.05, 0) is 43.2 Å². The van der Waals surface area contributed by atoms with Gasteiger partial charge in [0, 0.05) is 30.5 Å². The first-order chi connectivity index (χ1) is 11.1. The molecule has 0 atom stereocenters. The Labute approximate surface area is 134 Å². The highest BCUT2D eigenvalue weighted by atomic mass is 16.5. The van der Waals surface area contributed by atoms with Crippen molar-refractivity contribution in [2.45, 2.75) is 18.9 Å². The van der Waals surface area contributed by atoms with E-state index in [1.54, 1.807) is 6.07 Å². The van der Waals surface area contributed by atoms with E-state index in [1.165, 1.54) is 18.5 Å². The number of nitrogens with one attached hydrogen (secondary N) is 1. The molecule has 1 aromatic heterocycles. The van der Waals surface area contributed by atoms with Crippen molar-refractivity contribution < 1.29 is 14.6 Å². The molecule has 2 heterocycles. The Bertz CT molecular complexity index is 680. The summed E-state index contributed by atoms with van der Waals surface area (Å²) in [5.41, 5.74) is 2.07. The SMILES string of the molecule is O=C(Nc1ccc(N2CCC(O)CC2)cc1)c1ccc[n+]([O-])c1. The zero-order valence-corrected chi connectivity index (χ0v) is 12.7. The summed E-state index contributed by atoms with van der Waals surface area (Å²) >= 11 is 0. The van der Waals surface area contributed by atoms with Gasteiger partial charge in [0.25, 0.3) is 5.91 Å². The average molecular weight is 313 g/mol. The van der Waals surface area contributed by atoms with E-state index in [9.17, 15) is 15.1 Å². The van der Waals surface area contributed by atoms with Crippen LogP contribution in [-0.2, 0) is 0 Å². The predicted molar refractivity (Wildman–Crippen MR) is 87.3 cm³/mol. The van der Waals surface area contributed by atoms with Crippen LogP contribution in [0.4, 0.5) is 11.4 Å². The largest absolute Gasteiger partial charge is 0.619 e. The summed E-state index contributed by atoms with van der Waals surface area (Å²) in [7, 11) is 0. The molecule has 0 spiro atoms. The van der Waals surface area contributed by atoms with Crippen molar-refractivity contribution >= 4 is 17.3 Å². The molecule has 6 heteroatoms. The number of piperidine rings is 1. The maximum Gasteiger partial charge on any atom is 0.261 e. The highest BCUT2D eigenvalue weighted by Gasteiger charge is 2.17. The third kappa shape index (κ3) is 3.78. The lowest BCUT2D eigenvalue weighted by Crippen LogP contribution is -2.35. The highest BCUT2D eigenvalue weighted by molar-refractivity contribution is 6.03. The first-order valence-electron chi connectivity index (χ1n) is 7.65. The van der Waals surface area contributed by atoms with Crippen LogP contribution in [0.2, 0.25) is 0 Å². The van der Waals surface area contributed by atoms with Gasteiger partial charge < -0.3 is 20.5 Å². The van der Waals surface area contributed by atoms with Crippen LogP contribution in [0.25, 0.3) is 0 Å². The van der Waals surface area contributed by atoms with Gasteiger partial charge in [0.15, 0.2) is 12.4 Å². The van der Waals surface area contributed by atoms with Crippen molar-refractivity contribution in [2.75, 3.05) is 23.3 Å². The minimum absolute atomic E-state index is 0.195. The summed E-state index contributed by atoms with van der Waals surface area (Å²) in [5, 5.41) is 23.5. The first kappa shape index (κ1) is 15.3. The van der Waals surface area contributed by atoms with Crippen LogP contribution < -0.4 is 14.9 Å². The third-order valence-corrected chi connectivity index (χ3v) is 3.99. The van der Waals surface area contributed by atoms with Crippen molar-refractivity contribution in [2.24, 2.45) is 0 Å². The Hall–Kier alpha value is -2.60. The smallest absolute Gasteiger partial charge is 0.261 e. The fourth-order valence-electron chi connectivity index (χ4n) is 2.67. The lowest BCUT2D eigenvalue weighted by Gasteiger charge is -2.31. The second kappa shape index (κ2) is 6.66. The van der Waals surface area contributed by atoms with E-state index in [1.807, 2.05) is 24.3 Å². The Morgan fingerprint density at radius 2 is 1.91 bits per heavy atom. The van der Waals surface area contributed by atoms with Crippen LogP contribution >= 0.6 is 0 Å². The molecule has 1 amide bonds. The molecule has 1 aliphatic heterocycles. The van der Waals surface area contributed by atoms with Gasteiger partial charge >= 0.3 is 0 Å². The van der Waals surface area contributed by atoms with E-state index in [2.05, 4.69) is 10.2 Å². The number of hydrogen-bond donors (Lipinski definition) is 2. The van der Waals surface area contributed by atoms with Crippen molar-refractivity contribution in [3.05, 3.63) is 59.6 Å². The molecule has 6 nitrogen and oxygen atoms in total. The molecule has 1 fully saturated rings. The number of carbonyl (C=O) groups excluding carboxylic acids is 1. The van der Waals surface area contributed by atoms with Gasteiger partial charge in [-0.15, -0.1) is 0 Å². The predicted octanol–water partition coefficient (Wildman–Crippen LogP) is 1.53. The second-order valence-electron chi connectivity index (χ2n) is 5.67. The van der Waals surface area contributed by atoms with Gasteiger partial charge in [0.1, 0.15) is 5.56 Å². The summed E-state index contributed by atoms with van der Waals surface area (Å²) in [6.07, 6.45) is 3.94. The van der Waals surface area contributed by atoms with E-state index in [4.69, 9.17) is 0 Å². The van der Waals surface area contributed by atoms with Crippen LogP contribution in [0.15, 0.2) is 48.8 Å². The monoisotopic (exact) mass is 313 g/mol. The molecular weight excluding hydrogens is 294 g/mol. The van der Waals surface area contributed by atoms with E-state index in [0.29, 0.717) is 16.0 Å². The second-order valence-corrected chi connectivity index (χ2v) is 5.67. The molecule has 0 aliphatic carbocycles. The molecule has 1 aliphatic rings. The van der Waals surface area contributed by atoms with Crippen molar-refractivity contribution in [1.82, 2.24) is 0 Å². The summed E-state index contributed by atoms with van der Waals surface area (Å²) in [4.78, 5) is 14.3. The molecule has 0 radical (unpaired) electrons. The lowest BCUT2D eigenvalue weighted by atomic mass is 10.1. The van der Waals surface area contributed by atoms with E-state index in [-0.39, 0.29) is 12.0 Å². The molecule has 1 saturated heterocycles. The van der Waals surface area contributed by atoms with Gasteiger partial charge in [-0.3, -0.25) is 4.79 Å². The standard InChI is InChI=1S/C17H19N3O3/c21-16-7-10-19(11-8-16)15-5-3-14(4-6-15)18-17(22)13-2-1-9-20(23)12-13/h1-6,9,12,16,21H,7-8,10-11H2,(H,18,22). The zero-order valence-electron chi connectivity index (χ0n) is 12.7. The van der Waals surface area contributed by atoms with E-state index >= 15 is 0 Å². The van der Waals surface area contributed by atoms with Gasteiger partial charge in [-0.25, -0.2) is 0 Å². The maximum absolute atomic E-state index is 12.1. The Balaban J connectivity index is 1.64. The maximum atomic E-state index is 12.1. The highest BCUT2D eigenvalue weighted by Crippen LogP contribution is 2.22. The molecule has 2 N–H and O–H groups in total. The first-order valence-corrected chi connectivity index (χ1v) is 7.65. The number of hydrogen-bond acceptors (Lipinski definition) is 4. The minimum Gasteiger partial charge on any atom is -0.619 e. The fourth-order valence-corrected chi connectivity index (χ4v) is 2.67. The number of anilines is 2. The molecule has 0 saturated carbocycles. The summed E-state index contributed by atoms with van der Waals surface area (Å²) < 4.78 is 0.600. The normalized spacial score (nSPS) is 15.4. The quantitative estimate of drug-likeness (QED) is 0.665. The molecule has 120 valence electrons. The van der Waals surface area contributed by atoms with Crippen molar-refractivity contribution in [3.8, 4) is 0 Å². The molecule has 2 aromatic rings. The molecular formula is C17H19N3O3. The number of carbonyl (C=O) groups is 1. The molecule has 3 rings (SSSR count). The number of pyridine rings is 1. The van der Waals surface area contributed by atoms with E-state index < -0.39 is 0 Å². The number of aliphatic hydroxyl groups excluding tert-OH is 1. The van der Waals surface area contributed by atoms with Crippen LogP contribution in [-0.4, -0.2) is 30.2 Å². The third-order valence-electron chi connectivity index (χ3n) is 3.99. The van der Waals surface area contributed by atoms with Crippen molar-refractivity contribution in [3.63, 3.8) is 0 Å². The van der Waals surface area contributed by atoms with Gasteiger partial charge in [0.2, 0.25) is 0 Å². The Kier molecular flexibility index (Phi) is 4.43. The van der Waals surface area contributed by atoms with Crippen LogP contribution in [0.3, 0.4) is 0 Å². The van der Waals surface area contributed by atoms with Crippen LogP contribution in [0, 0.1) is 5.21 Å². The topological polar surface area (TPSA) is 79.5 Å². The molecule has 0 unspecified atom stereocenters. The van der Waals surface area contributed by atoms with Gasteiger partial charge in [-0.2, -0.15) is 4.73 Å². The van der Waals surface area contributed by atoms with Crippen LogP contribution in [0.5, 0.6) is 0 Å². The van der Waals surface area contributed by atoms with Gasteiger partial charge in [0.05, 0.1) is 6.10 Å². The summed E-state index contributed by atoms with van der Waals surface area (Å²) in [6.45, 7) is 1.67. The molecule has 23 heavy (non-hydrogen) atoms. The molecule has 1 aromatic carbocycles. The number of amides is 1. The Morgan fingerprint density at radius 1 is 1.22 bits per heavy atom. The van der Waals surface area contributed by atoms with Crippen LogP contribution in [0.1, 0.15) is 23.2 Å². The summed E-state index contributed by atoms with van der Waals surface area (Å²) in [5.74, 6) is -0.316. The summed E-state index contributed by atoms with van der Waals surface area (Å²) in [6, 6.07) is 10.7. The number of aromatic nitrogens is 1.